The molecular weight excluding hydrogens is 154 g/mol. The molecule has 2 heteroatoms. The smallest absolute Gasteiger partial charge is 0.0373 e. The van der Waals surface area contributed by atoms with Crippen LogP contribution in [0.2, 0.25) is 0 Å². The van der Waals surface area contributed by atoms with Crippen LogP contribution in [0, 0.1) is 0 Å². The normalized spacial score (nSPS) is 13.5. The first-order chi connectivity index (χ1) is 5.11. The third-order valence-corrected chi connectivity index (χ3v) is 2.40. The van der Waals surface area contributed by atoms with E-state index in [1.807, 2.05) is 0 Å². The minimum absolute atomic E-state index is 0.477. The predicted octanol–water partition coefficient (Wildman–Crippen LogP) is 2.64. The van der Waals surface area contributed by atoms with Gasteiger partial charge in [0.05, 0.1) is 0 Å². The van der Waals surface area contributed by atoms with Gasteiger partial charge in [-0.05, 0) is 17.6 Å². The van der Waals surface area contributed by atoms with Crippen LogP contribution >= 0.6 is 11.8 Å². The van der Waals surface area contributed by atoms with Gasteiger partial charge in [-0.1, -0.05) is 27.4 Å². The topological polar surface area (TPSA) is 12.0 Å². The van der Waals surface area contributed by atoms with Crippen molar-refractivity contribution < 1.29 is 0 Å². The molecule has 0 amide bonds. The van der Waals surface area contributed by atoms with E-state index in [1.54, 1.807) is 11.8 Å². The summed E-state index contributed by atoms with van der Waals surface area (Å²) in [5.41, 5.74) is 0. The van der Waals surface area contributed by atoms with E-state index >= 15 is 0 Å². The number of hydrogen-bond acceptors (Lipinski definition) is 2. The average Bonchev–Trinajstić information content (AvgIpc) is 1.98. The van der Waals surface area contributed by atoms with Crippen molar-refractivity contribution in [1.82, 2.24) is 5.32 Å². The fourth-order valence-corrected chi connectivity index (χ4v) is 1.50. The summed E-state index contributed by atoms with van der Waals surface area (Å²) in [6.45, 7) is 10.5. The van der Waals surface area contributed by atoms with E-state index < -0.39 is 0 Å². The molecule has 0 bridgehead atoms. The van der Waals surface area contributed by atoms with Crippen molar-refractivity contribution in [3.05, 3.63) is 11.5 Å². The molecule has 0 saturated heterocycles. The van der Waals surface area contributed by atoms with Crippen LogP contribution < -0.4 is 5.32 Å². The summed E-state index contributed by atoms with van der Waals surface area (Å²) in [7, 11) is 0. The first kappa shape index (κ1) is 11.1. The standard InChI is InChI=1S/C9H19NS/c1-6-9(8(4)11-5)10-7(2)3/h7,9-10H,4,6H2,1-3,5H3. The Morgan fingerprint density at radius 1 is 1.55 bits per heavy atom. The number of nitrogens with one attached hydrogen (secondary N) is 1. The van der Waals surface area contributed by atoms with Gasteiger partial charge in [0.25, 0.3) is 0 Å². The molecule has 1 unspecified atom stereocenters. The third kappa shape index (κ3) is 4.49. The van der Waals surface area contributed by atoms with Crippen LogP contribution in [0.3, 0.4) is 0 Å². The highest BCUT2D eigenvalue weighted by molar-refractivity contribution is 8.02. The Bertz CT molecular complexity index is 121. The van der Waals surface area contributed by atoms with Crippen molar-refractivity contribution >= 4 is 11.8 Å². The predicted molar refractivity (Wildman–Crippen MR) is 55.0 cm³/mol. The molecule has 0 fully saturated rings. The quantitative estimate of drug-likeness (QED) is 0.686. The van der Waals surface area contributed by atoms with Crippen molar-refractivity contribution in [1.29, 1.82) is 0 Å². The summed E-state index contributed by atoms with van der Waals surface area (Å²) in [6, 6.07) is 1.02. The molecule has 1 N–H and O–H groups in total. The molecule has 0 aliphatic heterocycles. The van der Waals surface area contributed by atoms with E-state index in [9.17, 15) is 0 Å². The van der Waals surface area contributed by atoms with Crippen LogP contribution in [0.15, 0.2) is 11.5 Å². The molecule has 0 spiro atoms. The van der Waals surface area contributed by atoms with Gasteiger partial charge in [-0.15, -0.1) is 11.8 Å². The average molecular weight is 173 g/mol. The monoisotopic (exact) mass is 173 g/mol. The Labute approximate surface area is 74.6 Å². The lowest BCUT2D eigenvalue weighted by molar-refractivity contribution is 0.509. The van der Waals surface area contributed by atoms with Crippen LogP contribution in [0.1, 0.15) is 27.2 Å². The van der Waals surface area contributed by atoms with Gasteiger partial charge in [0, 0.05) is 12.1 Å². The van der Waals surface area contributed by atoms with Gasteiger partial charge in [0.15, 0.2) is 0 Å². The van der Waals surface area contributed by atoms with Crippen molar-refractivity contribution in [3.8, 4) is 0 Å². The van der Waals surface area contributed by atoms with Crippen molar-refractivity contribution in [2.75, 3.05) is 6.26 Å². The Morgan fingerprint density at radius 3 is 2.36 bits per heavy atom. The van der Waals surface area contributed by atoms with Crippen LogP contribution in [-0.2, 0) is 0 Å². The van der Waals surface area contributed by atoms with E-state index in [1.165, 1.54) is 4.91 Å². The molecule has 1 atom stereocenters. The highest BCUT2D eigenvalue weighted by Gasteiger charge is 2.09. The van der Waals surface area contributed by atoms with Gasteiger partial charge in [-0.25, -0.2) is 0 Å². The molecule has 0 aliphatic carbocycles. The lowest BCUT2D eigenvalue weighted by Gasteiger charge is -2.20. The largest absolute Gasteiger partial charge is 0.307 e. The first-order valence-corrected chi connectivity index (χ1v) is 5.33. The van der Waals surface area contributed by atoms with E-state index in [2.05, 4.69) is 38.9 Å². The van der Waals surface area contributed by atoms with Gasteiger partial charge in [0.1, 0.15) is 0 Å². The summed E-state index contributed by atoms with van der Waals surface area (Å²) in [5, 5.41) is 3.46. The fraction of sp³-hybridized carbons (Fsp3) is 0.778. The zero-order valence-electron chi connectivity index (χ0n) is 7.98. The van der Waals surface area contributed by atoms with E-state index in [0.29, 0.717) is 12.1 Å². The molecule has 0 aromatic heterocycles. The summed E-state index contributed by atoms with van der Waals surface area (Å²) in [6.07, 6.45) is 3.20. The van der Waals surface area contributed by atoms with Crippen LogP contribution in [0.5, 0.6) is 0 Å². The molecule has 0 heterocycles. The second kappa shape index (κ2) is 5.67. The Hall–Kier alpha value is 0.0500. The second-order valence-corrected chi connectivity index (χ2v) is 3.89. The molecule has 0 saturated carbocycles. The highest BCUT2D eigenvalue weighted by Crippen LogP contribution is 2.16. The molecule has 0 aliphatic rings. The maximum atomic E-state index is 4.00. The third-order valence-electron chi connectivity index (χ3n) is 1.59. The minimum atomic E-state index is 0.477. The Morgan fingerprint density at radius 2 is 2.09 bits per heavy atom. The zero-order chi connectivity index (χ0) is 8.85. The van der Waals surface area contributed by atoms with Crippen molar-refractivity contribution in [2.45, 2.75) is 39.3 Å². The van der Waals surface area contributed by atoms with Crippen molar-refractivity contribution in [2.24, 2.45) is 0 Å². The van der Waals surface area contributed by atoms with E-state index in [0.717, 1.165) is 6.42 Å². The maximum Gasteiger partial charge on any atom is 0.0373 e. The van der Waals surface area contributed by atoms with Gasteiger partial charge in [-0.2, -0.15) is 0 Å². The first-order valence-electron chi connectivity index (χ1n) is 4.10. The van der Waals surface area contributed by atoms with Crippen LogP contribution in [0.25, 0.3) is 0 Å². The molecule has 1 nitrogen and oxygen atoms in total. The summed E-state index contributed by atoms with van der Waals surface area (Å²) < 4.78 is 0. The van der Waals surface area contributed by atoms with Gasteiger partial charge in [0.2, 0.25) is 0 Å². The van der Waals surface area contributed by atoms with Crippen LogP contribution in [-0.4, -0.2) is 18.3 Å². The molecule has 0 radical (unpaired) electrons. The van der Waals surface area contributed by atoms with Gasteiger partial charge >= 0.3 is 0 Å². The Balaban J connectivity index is 3.84. The maximum absolute atomic E-state index is 4.00. The van der Waals surface area contributed by atoms with Crippen molar-refractivity contribution in [3.63, 3.8) is 0 Å². The molecule has 0 rings (SSSR count). The highest BCUT2D eigenvalue weighted by atomic mass is 32.2. The van der Waals surface area contributed by atoms with E-state index in [4.69, 9.17) is 0 Å². The number of hydrogen-bond donors (Lipinski definition) is 1. The van der Waals surface area contributed by atoms with E-state index in [-0.39, 0.29) is 0 Å². The molecule has 11 heavy (non-hydrogen) atoms. The molecular formula is C9H19NS. The number of rotatable bonds is 5. The molecule has 0 aromatic rings. The molecule has 0 aromatic carbocycles. The van der Waals surface area contributed by atoms with Crippen LogP contribution in [0.4, 0.5) is 0 Å². The SMILES string of the molecule is C=C(SC)C(CC)NC(C)C. The Kier molecular flexibility index (Phi) is 5.69. The van der Waals surface area contributed by atoms with Gasteiger partial charge < -0.3 is 5.32 Å². The van der Waals surface area contributed by atoms with Gasteiger partial charge in [-0.3, -0.25) is 0 Å². The number of thioether (sulfide) groups is 1. The lowest BCUT2D eigenvalue weighted by Crippen LogP contribution is -2.34. The minimum Gasteiger partial charge on any atom is -0.307 e. The zero-order valence-corrected chi connectivity index (χ0v) is 8.79. The summed E-state index contributed by atoms with van der Waals surface area (Å²) in [5.74, 6) is 0. The molecule has 66 valence electrons. The fourth-order valence-electron chi connectivity index (χ4n) is 0.983. The second-order valence-electron chi connectivity index (χ2n) is 2.95. The summed E-state index contributed by atoms with van der Waals surface area (Å²) in [4.78, 5) is 1.24. The lowest BCUT2D eigenvalue weighted by atomic mass is 10.2. The summed E-state index contributed by atoms with van der Waals surface area (Å²) >= 11 is 1.74.